The van der Waals surface area contributed by atoms with Crippen LogP contribution in [0, 0.1) is 5.92 Å². The first-order chi connectivity index (χ1) is 14.8. The molecule has 7 heteroatoms. The summed E-state index contributed by atoms with van der Waals surface area (Å²) in [5, 5.41) is 3.07. The predicted molar refractivity (Wildman–Crippen MR) is 123 cm³/mol. The molecule has 168 valence electrons. The lowest BCUT2D eigenvalue weighted by Gasteiger charge is -2.32. The van der Waals surface area contributed by atoms with Crippen LogP contribution in [0.3, 0.4) is 0 Å². The first kappa shape index (κ1) is 23.4. The summed E-state index contributed by atoms with van der Waals surface area (Å²) in [5.74, 6) is -0.414. The van der Waals surface area contributed by atoms with Crippen LogP contribution >= 0.6 is 0 Å². The molecule has 0 aliphatic carbocycles. The molecule has 0 bridgehead atoms. The van der Waals surface area contributed by atoms with Gasteiger partial charge in [-0.25, -0.2) is 8.42 Å². The van der Waals surface area contributed by atoms with Crippen LogP contribution < -0.4 is 5.32 Å². The first-order valence-electron chi connectivity index (χ1n) is 10.9. The summed E-state index contributed by atoms with van der Waals surface area (Å²) >= 11 is 0. The molecule has 1 saturated heterocycles. The van der Waals surface area contributed by atoms with E-state index in [9.17, 15) is 13.2 Å². The number of nitrogens with zero attached hydrogens (tertiary/aromatic N) is 2. The number of hydrogen-bond donors (Lipinski definition) is 1. The van der Waals surface area contributed by atoms with E-state index in [-0.39, 0.29) is 29.3 Å². The summed E-state index contributed by atoms with van der Waals surface area (Å²) in [7, 11) is 0.421. The van der Waals surface area contributed by atoms with Gasteiger partial charge in [-0.1, -0.05) is 49.4 Å². The number of rotatable bonds is 8. The van der Waals surface area contributed by atoms with Crippen molar-refractivity contribution in [1.29, 1.82) is 0 Å². The molecule has 6 nitrogen and oxygen atoms in total. The smallest absolute Gasteiger partial charge is 0.243 e. The molecule has 0 spiro atoms. The number of aryl methyl sites for hydroxylation is 1. The number of piperidine rings is 1. The lowest BCUT2D eigenvalue weighted by Crippen LogP contribution is -2.46. The summed E-state index contributed by atoms with van der Waals surface area (Å²) in [6, 6.07) is 17.0. The molecular formula is C24H33N3O3S. The van der Waals surface area contributed by atoms with Crippen molar-refractivity contribution in [2.75, 3.05) is 33.7 Å². The summed E-state index contributed by atoms with van der Waals surface area (Å²) in [6.45, 7) is 3.29. The van der Waals surface area contributed by atoms with Gasteiger partial charge in [0.1, 0.15) is 0 Å². The average molecular weight is 444 g/mol. The highest BCUT2D eigenvalue weighted by atomic mass is 32.2. The van der Waals surface area contributed by atoms with Crippen LogP contribution in [-0.2, 0) is 21.2 Å². The van der Waals surface area contributed by atoms with E-state index in [2.05, 4.69) is 41.4 Å². The van der Waals surface area contributed by atoms with Crippen LogP contribution in [0.1, 0.15) is 36.9 Å². The number of nitrogens with one attached hydrogen (secondary N) is 1. The zero-order chi connectivity index (χ0) is 22.4. The Bertz CT molecular complexity index is 959. The second-order valence-corrected chi connectivity index (χ2v) is 10.3. The van der Waals surface area contributed by atoms with Crippen LogP contribution in [-0.4, -0.2) is 57.3 Å². The molecule has 1 N–H and O–H groups in total. The minimum absolute atomic E-state index is 0.0580. The van der Waals surface area contributed by atoms with Crippen molar-refractivity contribution >= 4 is 15.9 Å². The van der Waals surface area contributed by atoms with Crippen LogP contribution in [0.2, 0.25) is 0 Å². The monoisotopic (exact) mass is 443 g/mol. The number of benzene rings is 2. The average Bonchev–Trinajstić information content (AvgIpc) is 2.80. The summed E-state index contributed by atoms with van der Waals surface area (Å²) < 4.78 is 27.3. The molecular weight excluding hydrogens is 410 g/mol. The number of amides is 1. The molecule has 1 amide bonds. The van der Waals surface area contributed by atoms with Gasteiger partial charge in [-0.15, -0.1) is 0 Å². The molecule has 1 heterocycles. The third kappa shape index (κ3) is 5.73. The van der Waals surface area contributed by atoms with Gasteiger partial charge in [0.25, 0.3) is 0 Å². The number of hydrogen-bond acceptors (Lipinski definition) is 4. The molecule has 3 rings (SSSR count). The molecule has 0 radical (unpaired) electrons. The molecule has 1 aliphatic heterocycles. The maximum Gasteiger partial charge on any atom is 0.243 e. The third-order valence-electron chi connectivity index (χ3n) is 6.00. The maximum absolute atomic E-state index is 12.9. The summed E-state index contributed by atoms with van der Waals surface area (Å²) in [5.41, 5.74) is 2.44. The summed E-state index contributed by atoms with van der Waals surface area (Å²) in [6.07, 6.45) is 2.37. The Kier molecular flexibility index (Phi) is 7.86. The number of likely N-dealkylation sites (N-methyl/N-ethyl adjacent to an activating group) is 1. The fraction of sp³-hybridized carbons (Fsp3) is 0.458. The van der Waals surface area contributed by atoms with Gasteiger partial charge >= 0.3 is 0 Å². The molecule has 2 aromatic carbocycles. The largest absolute Gasteiger partial charge is 0.354 e. The Morgan fingerprint density at radius 2 is 1.81 bits per heavy atom. The Hall–Kier alpha value is -2.22. The molecule has 0 aromatic heterocycles. The van der Waals surface area contributed by atoms with Crippen molar-refractivity contribution in [3.63, 3.8) is 0 Å². The van der Waals surface area contributed by atoms with Crippen LogP contribution in [0.15, 0.2) is 59.5 Å². The standard InChI is InChI=1S/C24H33N3O3S/c1-4-19-12-14-20(15-13-19)23(26(2)3)17-25-24(28)21-9-8-16-27(18-21)31(29,30)22-10-6-5-7-11-22/h5-7,10-15,21,23H,4,8-9,16-18H2,1-3H3,(H,25,28). The van der Waals surface area contributed by atoms with Crippen molar-refractivity contribution < 1.29 is 13.2 Å². The molecule has 31 heavy (non-hydrogen) atoms. The predicted octanol–water partition coefficient (Wildman–Crippen LogP) is 3.07. The van der Waals surface area contributed by atoms with E-state index in [1.807, 2.05) is 14.1 Å². The molecule has 2 unspecified atom stereocenters. The van der Waals surface area contributed by atoms with E-state index in [1.165, 1.54) is 9.87 Å². The van der Waals surface area contributed by atoms with Gasteiger partial charge in [-0.3, -0.25) is 4.79 Å². The minimum atomic E-state index is -3.58. The van der Waals surface area contributed by atoms with Crippen LogP contribution in [0.4, 0.5) is 0 Å². The zero-order valence-corrected chi connectivity index (χ0v) is 19.4. The lowest BCUT2D eigenvalue weighted by molar-refractivity contribution is -0.126. The van der Waals surface area contributed by atoms with E-state index < -0.39 is 10.0 Å². The van der Waals surface area contributed by atoms with E-state index in [1.54, 1.807) is 30.3 Å². The highest BCUT2D eigenvalue weighted by Crippen LogP contribution is 2.24. The summed E-state index contributed by atoms with van der Waals surface area (Å²) in [4.78, 5) is 15.3. The van der Waals surface area contributed by atoms with Crippen LogP contribution in [0.5, 0.6) is 0 Å². The zero-order valence-electron chi connectivity index (χ0n) is 18.6. The number of carbonyl (C=O) groups is 1. The van der Waals surface area contributed by atoms with E-state index in [0.717, 1.165) is 12.0 Å². The van der Waals surface area contributed by atoms with E-state index >= 15 is 0 Å². The Morgan fingerprint density at radius 1 is 1.13 bits per heavy atom. The molecule has 0 saturated carbocycles. The Labute approximate surface area is 186 Å². The highest BCUT2D eigenvalue weighted by molar-refractivity contribution is 7.89. The second kappa shape index (κ2) is 10.4. The molecule has 2 aromatic rings. The van der Waals surface area contributed by atoms with Gasteiger partial charge in [0.15, 0.2) is 0 Å². The minimum Gasteiger partial charge on any atom is -0.354 e. The van der Waals surface area contributed by atoms with Crippen LogP contribution in [0.25, 0.3) is 0 Å². The highest BCUT2D eigenvalue weighted by Gasteiger charge is 2.33. The van der Waals surface area contributed by atoms with Crippen molar-refractivity contribution in [2.24, 2.45) is 5.92 Å². The third-order valence-corrected chi connectivity index (χ3v) is 7.88. The van der Waals surface area contributed by atoms with Gasteiger partial charge in [-0.2, -0.15) is 4.31 Å². The van der Waals surface area contributed by atoms with Crippen molar-refractivity contribution in [1.82, 2.24) is 14.5 Å². The lowest BCUT2D eigenvalue weighted by atomic mass is 9.98. The SMILES string of the molecule is CCc1ccc(C(CNC(=O)C2CCCN(S(=O)(=O)c3ccccc3)C2)N(C)C)cc1. The number of carbonyl (C=O) groups excluding carboxylic acids is 1. The normalized spacial score (nSPS) is 18.6. The van der Waals surface area contributed by atoms with Crippen molar-refractivity contribution in [2.45, 2.75) is 37.1 Å². The molecule has 2 atom stereocenters. The second-order valence-electron chi connectivity index (χ2n) is 8.33. The van der Waals surface area contributed by atoms with Crippen molar-refractivity contribution in [3.8, 4) is 0 Å². The van der Waals surface area contributed by atoms with E-state index in [4.69, 9.17) is 0 Å². The van der Waals surface area contributed by atoms with Gasteiger partial charge in [0.2, 0.25) is 15.9 Å². The molecule has 1 aliphatic rings. The van der Waals surface area contributed by atoms with Crippen molar-refractivity contribution in [3.05, 3.63) is 65.7 Å². The van der Waals surface area contributed by atoms with Gasteiger partial charge < -0.3 is 10.2 Å². The van der Waals surface area contributed by atoms with Gasteiger partial charge in [-0.05, 0) is 56.6 Å². The Morgan fingerprint density at radius 3 is 2.42 bits per heavy atom. The van der Waals surface area contributed by atoms with Gasteiger partial charge in [0.05, 0.1) is 16.9 Å². The topological polar surface area (TPSA) is 69.7 Å². The fourth-order valence-corrected chi connectivity index (χ4v) is 5.58. The van der Waals surface area contributed by atoms with E-state index in [0.29, 0.717) is 25.9 Å². The Balaban J connectivity index is 1.64. The fourth-order valence-electron chi connectivity index (χ4n) is 4.03. The quantitative estimate of drug-likeness (QED) is 0.681. The number of sulfonamides is 1. The van der Waals surface area contributed by atoms with Gasteiger partial charge in [0, 0.05) is 19.6 Å². The first-order valence-corrected chi connectivity index (χ1v) is 12.3. The maximum atomic E-state index is 12.9. The molecule has 1 fully saturated rings.